The number of likely N-dealkylation sites (N-methyl/N-ethyl adjacent to an activating group) is 1. The smallest absolute Gasteiger partial charge is 0.228 e. The lowest BCUT2D eigenvalue weighted by atomic mass is 9.85. The highest BCUT2D eigenvalue weighted by atomic mass is 35.5. The van der Waals surface area contributed by atoms with Gasteiger partial charge in [-0.05, 0) is 24.1 Å². The summed E-state index contributed by atoms with van der Waals surface area (Å²) in [4.78, 5) is 4.47. The minimum absolute atomic E-state index is 0.131. The molecule has 0 saturated heterocycles. The number of benzene rings is 1. The Hall–Kier alpha value is -1.39. The Morgan fingerprint density at radius 3 is 2.62 bits per heavy atom. The van der Waals surface area contributed by atoms with Gasteiger partial charge < -0.3 is 9.84 Å². The lowest BCUT2D eigenvalue weighted by molar-refractivity contribution is 0.255. The molecule has 2 aromatic rings. The van der Waals surface area contributed by atoms with Gasteiger partial charge in [0.2, 0.25) is 5.89 Å². The molecule has 0 aliphatic carbocycles. The Labute approximate surface area is 130 Å². The molecule has 21 heavy (non-hydrogen) atoms. The molecule has 0 aliphatic heterocycles. The zero-order valence-electron chi connectivity index (χ0n) is 13.0. The fourth-order valence-electron chi connectivity index (χ4n) is 2.27. The molecule has 4 nitrogen and oxygen atoms in total. The Bertz CT molecular complexity index is 589. The molecule has 0 fully saturated rings. The van der Waals surface area contributed by atoms with Crippen molar-refractivity contribution in [3.05, 3.63) is 46.6 Å². The average Bonchev–Trinajstić information content (AvgIpc) is 2.85. The van der Waals surface area contributed by atoms with E-state index in [2.05, 4.69) is 36.2 Å². The van der Waals surface area contributed by atoms with Crippen molar-refractivity contribution < 1.29 is 4.52 Å². The Morgan fingerprint density at radius 2 is 2.00 bits per heavy atom. The van der Waals surface area contributed by atoms with Crippen LogP contribution in [-0.4, -0.2) is 23.2 Å². The molecule has 1 unspecified atom stereocenters. The molecule has 1 N–H and O–H groups in total. The summed E-state index contributed by atoms with van der Waals surface area (Å²) < 4.78 is 5.36. The number of halogens is 1. The second kappa shape index (κ2) is 6.58. The van der Waals surface area contributed by atoms with Crippen LogP contribution in [0, 0.1) is 5.41 Å². The SMILES string of the molecule is CNC(Cc1nc(Cc2ccccc2Cl)no1)C(C)(C)C. The van der Waals surface area contributed by atoms with Gasteiger partial charge in [0.1, 0.15) is 0 Å². The van der Waals surface area contributed by atoms with Gasteiger partial charge in [0, 0.05) is 23.9 Å². The second-order valence-corrected chi connectivity index (χ2v) is 6.69. The predicted molar refractivity (Wildman–Crippen MR) is 84.6 cm³/mol. The van der Waals surface area contributed by atoms with E-state index in [0.717, 1.165) is 17.0 Å². The molecule has 0 bridgehead atoms. The number of hydrogen-bond acceptors (Lipinski definition) is 4. The molecule has 0 saturated carbocycles. The van der Waals surface area contributed by atoms with Gasteiger partial charge in [0.05, 0.1) is 0 Å². The van der Waals surface area contributed by atoms with E-state index in [1.807, 2.05) is 31.3 Å². The highest BCUT2D eigenvalue weighted by Crippen LogP contribution is 2.22. The largest absolute Gasteiger partial charge is 0.339 e. The van der Waals surface area contributed by atoms with Crippen molar-refractivity contribution in [3.8, 4) is 0 Å². The maximum absolute atomic E-state index is 6.15. The molecule has 114 valence electrons. The number of nitrogens with one attached hydrogen (secondary N) is 1. The molecule has 1 aromatic carbocycles. The number of nitrogens with zero attached hydrogens (tertiary/aromatic N) is 2. The molecule has 1 atom stereocenters. The fourth-order valence-corrected chi connectivity index (χ4v) is 2.48. The molecular weight excluding hydrogens is 286 g/mol. The van der Waals surface area contributed by atoms with Crippen LogP contribution in [0.2, 0.25) is 5.02 Å². The van der Waals surface area contributed by atoms with Gasteiger partial charge in [-0.1, -0.05) is 55.7 Å². The van der Waals surface area contributed by atoms with Gasteiger partial charge in [-0.25, -0.2) is 0 Å². The molecule has 1 aromatic heterocycles. The van der Waals surface area contributed by atoms with Gasteiger partial charge in [-0.3, -0.25) is 0 Å². The van der Waals surface area contributed by atoms with Crippen LogP contribution in [0.4, 0.5) is 0 Å². The number of rotatable bonds is 5. The number of hydrogen-bond donors (Lipinski definition) is 1. The first-order valence-electron chi connectivity index (χ1n) is 7.12. The average molecular weight is 308 g/mol. The van der Waals surface area contributed by atoms with Crippen LogP contribution in [0.15, 0.2) is 28.8 Å². The monoisotopic (exact) mass is 307 g/mol. The van der Waals surface area contributed by atoms with Crippen LogP contribution in [0.1, 0.15) is 38.0 Å². The fraction of sp³-hybridized carbons (Fsp3) is 0.500. The summed E-state index contributed by atoms with van der Waals surface area (Å²) in [7, 11) is 1.96. The van der Waals surface area contributed by atoms with E-state index in [4.69, 9.17) is 16.1 Å². The van der Waals surface area contributed by atoms with E-state index in [1.165, 1.54) is 0 Å². The van der Waals surface area contributed by atoms with Crippen molar-refractivity contribution in [1.29, 1.82) is 0 Å². The summed E-state index contributed by atoms with van der Waals surface area (Å²) in [5.74, 6) is 1.33. The van der Waals surface area contributed by atoms with Gasteiger partial charge in [-0.15, -0.1) is 0 Å². The van der Waals surface area contributed by atoms with Crippen LogP contribution in [-0.2, 0) is 12.8 Å². The minimum Gasteiger partial charge on any atom is -0.339 e. The normalized spacial score (nSPS) is 13.4. The van der Waals surface area contributed by atoms with E-state index in [-0.39, 0.29) is 11.5 Å². The zero-order chi connectivity index (χ0) is 15.5. The van der Waals surface area contributed by atoms with E-state index in [0.29, 0.717) is 18.1 Å². The van der Waals surface area contributed by atoms with Crippen molar-refractivity contribution >= 4 is 11.6 Å². The van der Waals surface area contributed by atoms with Gasteiger partial charge in [0.25, 0.3) is 0 Å². The molecule has 0 aliphatic rings. The molecule has 0 amide bonds. The first-order valence-corrected chi connectivity index (χ1v) is 7.50. The Morgan fingerprint density at radius 1 is 1.29 bits per heavy atom. The van der Waals surface area contributed by atoms with Crippen molar-refractivity contribution in [2.75, 3.05) is 7.05 Å². The van der Waals surface area contributed by atoms with Crippen molar-refractivity contribution in [2.24, 2.45) is 5.41 Å². The summed E-state index contributed by atoms with van der Waals surface area (Å²) in [6.07, 6.45) is 1.30. The van der Waals surface area contributed by atoms with Crippen LogP contribution in [0.25, 0.3) is 0 Å². The highest BCUT2D eigenvalue weighted by molar-refractivity contribution is 6.31. The van der Waals surface area contributed by atoms with Gasteiger partial charge in [-0.2, -0.15) is 4.98 Å². The Kier molecular flexibility index (Phi) is 5.01. The van der Waals surface area contributed by atoms with Crippen molar-refractivity contribution in [3.63, 3.8) is 0 Å². The first kappa shape index (κ1) is 16.0. The lowest BCUT2D eigenvalue weighted by Crippen LogP contribution is -2.39. The summed E-state index contributed by atoms with van der Waals surface area (Å²) in [6.45, 7) is 6.57. The van der Waals surface area contributed by atoms with Gasteiger partial charge >= 0.3 is 0 Å². The third kappa shape index (κ3) is 4.29. The van der Waals surface area contributed by atoms with E-state index in [9.17, 15) is 0 Å². The molecule has 0 spiro atoms. The summed E-state index contributed by atoms with van der Waals surface area (Å²) >= 11 is 6.15. The predicted octanol–water partition coefficient (Wildman–Crippen LogP) is 3.49. The zero-order valence-corrected chi connectivity index (χ0v) is 13.7. The van der Waals surface area contributed by atoms with Crippen molar-refractivity contribution in [1.82, 2.24) is 15.5 Å². The standard InChI is InChI=1S/C16H22ClN3O/c1-16(2,3)13(18-4)10-15-19-14(20-21-15)9-11-7-5-6-8-12(11)17/h5-8,13,18H,9-10H2,1-4H3. The van der Waals surface area contributed by atoms with Crippen molar-refractivity contribution in [2.45, 2.75) is 39.7 Å². The number of aromatic nitrogens is 2. The molecule has 5 heteroatoms. The third-order valence-electron chi connectivity index (χ3n) is 3.59. The highest BCUT2D eigenvalue weighted by Gasteiger charge is 2.25. The van der Waals surface area contributed by atoms with E-state index in [1.54, 1.807) is 0 Å². The van der Waals surface area contributed by atoms with Crippen LogP contribution >= 0.6 is 11.6 Å². The summed E-state index contributed by atoms with van der Waals surface area (Å²) in [5.41, 5.74) is 1.14. The van der Waals surface area contributed by atoms with Crippen LogP contribution in [0.3, 0.4) is 0 Å². The topological polar surface area (TPSA) is 51.0 Å². The molecule has 0 radical (unpaired) electrons. The third-order valence-corrected chi connectivity index (χ3v) is 3.96. The maximum atomic E-state index is 6.15. The maximum Gasteiger partial charge on any atom is 0.228 e. The minimum atomic E-state index is 0.131. The Balaban J connectivity index is 2.07. The quantitative estimate of drug-likeness (QED) is 0.918. The van der Waals surface area contributed by atoms with Crippen LogP contribution < -0.4 is 5.32 Å². The van der Waals surface area contributed by atoms with E-state index >= 15 is 0 Å². The lowest BCUT2D eigenvalue weighted by Gasteiger charge is -2.29. The van der Waals surface area contributed by atoms with E-state index < -0.39 is 0 Å². The summed E-state index contributed by atoms with van der Waals surface area (Å²) in [6, 6.07) is 8.00. The van der Waals surface area contributed by atoms with Crippen LogP contribution in [0.5, 0.6) is 0 Å². The second-order valence-electron chi connectivity index (χ2n) is 6.28. The molecule has 2 rings (SSSR count). The molecule has 1 heterocycles. The first-order chi connectivity index (χ1) is 9.90. The molecular formula is C16H22ClN3O. The van der Waals surface area contributed by atoms with Gasteiger partial charge in [0.15, 0.2) is 5.82 Å². The summed E-state index contributed by atoms with van der Waals surface area (Å²) in [5, 5.41) is 8.09.